The van der Waals surface area contributed by atoms with Gasteiger partial charge in [-0.15, -0.1) is 0 Å². The average Bonchev–Trinajstić information content (AvgIpc) is 2.56. The lowest BCUT2D eigenvalue weighted by Crippen LogP contribution is -2.14. The topological polar surface area (TPSA) is 98.5 Å². The highest BCUT2D eigenvalue weighted by molar-refractivity contribution is 6.31. The first-order chi connectivity index (χ1) is 11.3. The standard InChI is InChI=1S/C15H10ClFN2O5/c1-24-15(21)9-4-8(5-11(6-9)19(22)23)14(20)18-10-2-3-13(17)12(16)7-10/h2-7H,1H3,(H,18,20). The number of nitrogens with one attached hydrogen (secondary N) is 1. The van der Waals surface area contributed by atoms with Crippen LogP contribution in [0.1, 0.15) is 20.7 Å². The van der Waals surface area contributed by atoms with Crippen LogP contribution in [0.15, 0.2) is 36.4 Å². The summed E-state index contributed by atoms with van der Waals surface area (Å²) in [5, 5.41) is 13.2. The Morgan fingerprint density at radius 3 is 2.46 bits per heavy atom. The molecule has 2 aromatic carbocycles. The molecule has 0 fully saturated rings. The Morgan fingerprint density at radius 2 is 1.88 bits per heavy atom. The van der Waals surface area contributed by atoms with E-state index in [1.807, 2.05) is 0 Å². The summed E-state index contributed by atoms with van der Waals surface area (Å²) in [4.78, 5) is 34.0. The zero-order valence-electron chi connectivity index (χ0n) is 12.2. The lowest BCUT2D eigenvalue weighted by Gasteiger charge is -2.07. The average molecular weight is 353 g/mol. The molecule has 1 amide bonds. The van der Waals surface area contributed by atoms with E-state index in [1.165, 1.54) is 12.1 Å². The molecule has 24 heavy (non-hydrogen) atoms. The van der Waals surface area contributed by atoms with Gasteiger partial charge in [-0.2, -0.15) is 0 Å². The quantitative estimate of drug-likeness (QED) is 0.516. The van der Waals surface area contributed by atoms with Gasteiger partial charge in [0.25, 0.3) is 11.6 Å². The first-order valence-electron chi connectivity index (χ1n) is 6.46. The monoisotopic (exact) mass is 352 g/mol. The third kappa shape index (κ3) is 3.85. The fraction of sp³-hybridized carbons (Fsp3) is 0.0667. The van der Waals surface area contributed by atoms with Crippen LogP contribution in [-0.4, -0.2) is 23.9 Å². The molecule has 0 bridgehead atoms. The highest BCUT2D eigenvalue weighted by Gasteiger charge is 2.18. The van der Waals surface area contributed by atoms with Crippen LogP contribution < -0.4 is 5.32 Å². The minimum atomic E-state index is -0.822. The first-order valence-corrected chi connectivity index (χ1v) is 6.84. The van der Waals surface area contributed by atoms with E-state index in [0.717, 1.165) is 31.4 Å². The van der Waals surface area contributed by atoms with E-state index in [-0.39, 0.29) is 21.8 Å². The number of hydrogen-bond acceptors (Lipinski definition) is 5. The van der Waals surface area contributed by atoms with E-state index in [2.05, 4.69) is 10.1 Å². The van der Waals surface area contributed by atoms with Gasteiger partial charge in [-0.05, 0) is 24.3 Å². The molecule has 0 atom stereocenters. The molecule has 0 aliphatic heterocycles. The van der Waals surface area contributed by atoms with Crippen molar-refractivity contribution in [2.75, 3.05) is 12.4 Å². The van der Waals surface area contributed by atoms with E-state index in [4.69, 9.17) is 11.6 Å². The lowest BCUT2D eigenvalue weighted by molar-refractivity contribution is -0.384. The Bertz CT molecular complexity index is 841. The molecule has 0 aliphatic rings. The second-order valence-electron chi connectivity index (χ2n) is 4.60. The molecule has 0 saturated carbocycles. The number of halogens is 2. The van der Waals surface area contributed by atoms with Gasteiger partial charge in [-0.3, -0.25) is 14.9 Å². The molecular formula is C15H10ClFN2O5. The number of carbonyl (C=O) groups is 2. The highest BCUT2D eigenvalue weighted by atomic mass is 35.5. The maximum Gasteiger partial charge on any atom is 0.338 e. The zero-order valence-corrected chi connectivity index (χ0v) is 13.0. The van der Waals surface area contributed by atoms with Gasteiger partial charge >= 0.3 is 5.97 Å². The Kier molecular flexibility index (Phi) is 5.10. The Morgan fingerprint density at radius 1 is 1.21 bits per heavy atom. The number of carbonyl (C=O) groups excluding carboxylic acids is 2. The summed E-state index contributed by atoms with van der Waals surface area (Å²) in [6.07, 6.45) is 0. The number of nitro groups is 1. The van der Waals surface area contributed by atoms with Crippen LogP contribution in [0.5, 0.6) is 0 Å². The van der Waals surface area contributed by atoms with Crippen molar-refractivity contribution >= 4 is 34.9 Å². The number of non-ortho nitro benzene ring substituents is 1. The summed E-state index contributed by atoms with van der Waals surface area (Å²) in [5.41, 5.74) is -0.531. The number of esters is 1. The summed E-state index contributed by atoms with van der Waals surface area (Å²) >= 11 is 5.62. The first kappa shape index (κ1) is 17.4. The summed E-state index contributed by atoms with van der Waals surface area (Å²) in [5.74, 6) is -2.21. The zero-order chi connectivity index (χ0) is 17.9. The fourth-order valence-electron chi connectivity index (χ4n) is 1.86. The van der Waals surface area contributed by atoms with Crippen LogP contribution in [0.3, 0.4) is 0 Å². The number of hydrogen-bond donors (Lipinski definition) is 1. The van der Waals surface area contributed by atoms with Crippen molar-refractivity contribution in [1.29, 1.82) is 0 Å². The van der Waals surface area contributed by atoms with E-state index in [1.54, 1.807) is 0 Å². The number of nitro benzene ring substituents is 1. The molecule has 0 heterocycles. The second-order valence-corrected chi connectivity index (χ2v) is 5.01. The number of methoxy groups -OCH3 is 1. The van der Waals surface area contributed by atoms with Crippen LogP contribution in [-0.2, 0) is 4.74 Å². The van der Waals surface area contributed by atoms with Crippen molar-refractivity contribution < 1.29 is 23.6 Å². The molecule has 124 valence electrons. The van der Waals surface area contributed by atoms with Gasteiger partial charge in [0, 0.05) is 23.4 Å². The van der Waals surface area contributed by atoms with E-state index in [9.17, 15) is 24.1 Å². The number of nitrogens with zero attached hydrogens (tertiary/aromatic N) is 1. The van der Waals surface area contributed by atoms with Gasteiger partial charge in [0.2, 0.25) is 0 Å². The van der Waals surface area contributed by atoms with Crippen molar-refractivity contribution in [3.8, 4) is 0 Å². The Balaban J connectivity index is 2.37. The van der Waals surface area contributed by atoms with Gasteiger partial charge in [-0.25, -0.2) is 9.18 Å². The molecule has 1 N–H and O–H groups in total. The molecule has 0 aromatic heterocycles. The molecule has 9 heteroatoms. The van der Waals surface area contributed by atoms with Gasteiger partial charge in [0.05, 0.1) is 22.6 Å². The van der Waals surface area contributed by atoms with Gasteiger partial charge < -0.3 is 10.1 Å². The summed E-state index contributed by atoms with van der Waals surface area (Å²) in [6, 6.07) is 6.68. The summed E-state index contributed by atoms with van der Waals surface area (Å²) in [6.45, 7) is 0. The van der Waals surface area contributed by atoms with Crippen molar-refractivity contribution in [3.63, 3.8) is 0 Å². The van der Waals surface area contributed by atoms with Crippen LogP contribution in [0.2, 0.25) is 5.02 Å². The predicted molar refractivity (Wildman–Crippen MR) is 83.8 cm³/mol. The molecule has 7 nitrogen and oxygen atoms in total. The van der Waals surface area contributed by atoms with Crippen LogP contribution >= 0.6 is 11.6 Å². The Hall–Kier alpha value is -3.00. The van der Waals surface area contributed by atoms with Crippen LogP contribution in [0.4, 0.5) is 15.8 Å². The molecule has 2 rings (SSSR count). The molecule has 0 aliphatic carbocycles. The van der Waals surface area contributed by atoms with Gasteiger partial charge in [-0.1, -0.05) is 11.6 Å². The number of anilines is 1. The van der Waals surface area contributed by atoms with E-state index in [0.29, 0.717) is 0 Å². The maximum atomic E-state index is 13.1. The van der Waals surface area contributed by atoms with Gasteiger partial charge in [0.15, 0.2) is 0 Å². The van der Waals surface area contributed by atoms with Gasteiger partial charge in [0.1, 0.15) is 5.82 Å². The fourth-order valence-corrected chi connectivity index (χ4v) is 2.04. The SMILES string of the molecule is COC(=O)c1cc(C(=O)Nc2ccc(F)c(Cl)c2)cc([N+](=O)[O-])c1. The molecule has 2 aromatic rings. The number of rotatable bonds is 4. The smallest absolute Gasteiger partial charge is 0.338 e. The number of amides is 1. The highest BCUT2D eigenvalue weighted by Crippen LogP contribution is 2.22. The maximum absolute atomic E-state index is 13.1. The number of ether oxygens (including phenoxy) is 1. The van der Waals surface area contributed by atoms with Crippen LogP contribution in [0.25, 0.3) is 0 Å². The molecule has 0 spiro atoms. The van der Waals surface area contributed by atoms with E-state index >= 15 is 0 Å². The lowest BCUT2D eigenvalue weighted by atomic mass is 10.1. The predicted octanol–water partition coefficient (Wildman–Crippen LogP) is 3.43. The third-order valence-corrected chi connectivity index (χ3v) is 3.28. The summed E-state index contributed by atoms with van der Waals surface area (Å²) < 4.78 is 17.6. The molecule has 0 saturated heterocycles. The Labute approximate surface area is 140 Å². The number of benzene rings is 2. The van der Waals surface area contributed by atoms with Crippen molar-refractivity contribution in [3.05, 3.63) is 68.5 Å². The minimum absolute atomic E-state index is 0.134. The van der Waals surface area contributed by atoms with Crippen LogP contribution in [0, 0.1) is 15.9 Å². The third-order valence-electron chi connectivity index (χ3n) is 2.99. The largest absolute Gasteiger partial charge is 0.465 e. The van der Waals surface area contributed by atoms with E-state index < -0.39 is 28.3 Å². The van der Waals surface area contributed by atoms with Crippen molar-refractivity contribution in [1.82, 2.24) is 0 Å². The summed E-state index contributed by atoms with van der Waals surface area (Å²) in [7, 11) is 1.11. The molecular weight excluding hydrogens is 343 g/mol. The van der Waals surface area contributed by atoms with Crippen molar-refractivity contribution in [2.45, 2.75) is 0 Å². The molecule has 0 unspecified atom stereocenters. The second kappa shape index (κ2) is 7.05. The minimum Gasteiger partial charge on any atom is -0.465 e. The van der Waals surface area contributed by atoms with Crippen molar-refractivity contribution in [2.24, 2.45) is 0 Å². The molecule has 0 radical (unpaired) electrons. The normalized spacial score (nSPS) is 10.1.